The summed E-state index contributed by atoms with van der Waals surface area (Å²) in [5.41, 5.74) is -0.488. The van der Waals surface area contributed by atoms with E-state index in [0.29, 0.717) is 5.03 Å². The van der Waals surface area contributed by atoms with E-state index in [1.165, 1.54) is 29.8 Å². The van der Waals surface area contributed by atoms with Crippen molar-refractivity contribution in [1.29, 1.82) is 0 Å². The normalized spacial score (nSPS) is 18.3. The van der Waals surface area contributed by atoms with Crippen molar-refractivity contribution in [3.05, 3.63) is 11.1 Å². The standard InChI is InChI=1S/C12H18N2O3S/c1-12(2,3)8(15)5-11-14(6-9(16)13-4)10(17)7-18-11/h5H,6-7H2,1-4H3,(H,13,16). The van der Waals surface area contributed by atoms with Gasteiger partial charge in [-0.1, -0.05) is 32.5 Å². The third-order valence-electron chi connectivity index (χ3n) is 2.48. The molecule has 0 bridgehead atoms. The summed E-state index contributed by atoms with van der Waals surface area (Å²) in [7, 11) is 1.51. The van der Waals surface area contributed by atoms with Crippen LogP contribution in [0.25, 0.3) is 0 Å². The quantitative estimate of drug-likeness (QED) is 0.769. The number of carbonyl (C=O) groups is 3. The highest BCUT2D eigenvalue weighted by atomic mass is 32.2. The van der Waals surface area contributed by atoms with E-state index in [4.69, 9.17) is 0 Å². The van der Waals surface area contributed by atoms with Crippen LogP contribution in [-0.2, 0) is 14.4 Å². The van der Waals surface area contributed by atoms with Crippen LogP contribution in [0.3, 0.4) is 0 Å². The predicted molar refractivity (Wildman–Crippen MR) is 70.8 cm³/mol. The minimum absolute atomic E-state index is 0.0361. The fourth-order valence-corrected chi connectivity index (χ4v) is 2.19. The number of amides is 2. The maximum absolute atomic E-state index is 11.9. The van der Waals surface area contributed by atoms with Crippen molar-refractivity contribution in [3.63, 3.8) is 0 Å². The Balaban J connectivity index is 2.87. The van der Waals surface area contributed by atoms with Gasteiger partial charge in [-0.15, -0.1) is 0 Å². The Morgan fingerprint density at radius 3 is 2.56 bits per heavy atom. The lowest BCUT2D eigenvalue weighted by molar-refractivity contribution is -0.131. The zero-order chi connectivity index (χ0) is 13.9. The number of carbonyl (C=O) groups excluding carboxylic acids is 3. The zero-order valence-corrected chi connectivity index (χ0v) is 11.9. The van der Waals surface area contributed by atoms with Crippen LogP contribution in [0.4, 0.5) is 0 Å². The molecule has 6 heteroatoms. The van der Waals surface area contributed by atoms with Crippen molar-refractivity contribution in [2.24, 2.45) is 5.41 Å². The molecule has 1 aliphatic heterocycles. The molecule has 0 radical (unpaired) electrons. The van der Waals surface area contributed by atoms with Crippen molar-refractivity contribution in [2.45, 2.75) is 20.8 Å². The molecule has 2 amide bonds. The Labute approximate surface area is 111 Å². The molecule has 1 rings (SSSR count). The lowest BCUT2D eigenvalue weighted by atomic mass is 9.91. The average molecular weight is 270 g/mol. The molecule has 0 saturated carbocycles. The van der Waals surface area contributed by atoms with Crippen molar-refractivity contribution in [3.8, 4) is 0 Å². The molecule has 1 aliphatic rings. The smallest absolute Gasteiger partial charge is 0.239 e. The van der Waals surface area contributed by atoms with Gasteiger partial charge in [0.2, 0.25) is 11.8 Å². The molecule has 18 heavy (non-hydrogen) atoms. The number of rotatable bonds is 3. The van der Waals surface area contributed by atoms with Crippen LogP contribution in [0.1, 0.15) is 20.8 Å². The van der Waals surface area contributed by atoms with E-state index in [2.05, 4.69) is 5.32 Å². The Morgan fingerprint density at radius 2 is 2.06 bits per heavy atom. The lowest BCUT2D eigenvalue weighted by Crippen LogP contribution is -2.36. The van der Waals surface area contributed by atoms with E-state index in [1.54, 1.807) is 0 Å². The van der Waals surface area contributed by atoms with Gasteiger partial charge in [0.1, 0.15) is 6.54 Å². The number of hydrogen-bond acceptors (Lipinski definition) is 4. The lowest BCUT2D eigenvalue weighted by Gasteiger charge is -2.18. The molecule has 1 N–H and O–H groups in total. The minimum atomic E-state index is -0.488. The molecule has 0 atom stereocenters. The maximum atomic E-state index is 11.9. The van der Waals surface area contributed by atoms with E-state index in [9.17, 15) is 14.4 Å². The summed E-state index contributed by atoms with van der Waals surface area (Å²) >= 11 is 1.29. The Morgan fingerprint density at radius 1 is 1.44 bits per heavy atom. The third kappa shape index (κ3) is 3.60. The summed E-state index contributed by atoms with van der Waals surface area (Å²) in [6.07, 6.45) is 1.46. The second-order valence-electron chi connectivity index (χ2n) is 5.04. The van der Waals surface area contributed by atoms with Crippen LogP contribution < -0.4 is 5.32 Å². The summed E-state index contributed by atoms with van der Waals surface area (Å²) in [6.45, 7) is 5.41. The van der Waals surface area contributed by atoms with Crippen LogP contribution in [0.15, 0.2) is 11.1 Å². The summed E-state index contributed by atoms with van der Waals surface area (Å²) < 4.78 is 0. The van der Waals surface area contributed by atoms with Gasteiger partial charge in [-0.2, -0.15) is 0 Å². The summed E-state index contributed by atoms with van der Waals surface area (Å²) in [4.78, 5) is 36.2. The molecule has 0 aliphatic carbocycles. The monoisotopic (exact) mass is 270 g/mol. The Kier molecular flexibility index (Phi) is 4.56. The average Bonchev–Trinajstić information content (AvgIpc) is 2.60. The highest BCUT2D eigenvalue weighted by molar-refractivity contribution is 8.04. The third-order valence-corrected chi connectivity index (χ3v) is 3.51. The summed E-state index contributed by atoms with van der Waals surface area (Å²) in [5, 5.41) is 3.02. The van der Waals surface area contributed by atoms with Crippen LogP contribution in [0.2, 0.25) is 0 Å². The van der Waals surface area contributed by atoms with Gasteiger partial charge in [-0.3, -0.25) is 19.3 Å². The molecule has 5 nitrogen and oxygen atoms in total. The molecule has 1 heterocycles. The molecular weight excluding hydrogens is 252 g/mol. The van der Waals surface area contributed by atoms with E-state index in [0.717, 1.165) is 0 Å². The predicted octanol–water partition coefficient (Wildman–Crippen LogP) is 0.764. The number of hydrogen-bond donors (Lipinski definition) is 1. The maximum Gasteiger partial charge on any atom is 0.239 e. The second kappa shape index (κ2) is 5.56. The number of thioether (sulfide) groups is 1. The van der Waals surface area contributed by atoms with Crippen LogP contribution >= 0.6 is 11.8 Å². The van der Waals surface area contributed by atoms with Crippen molar-refractivity contribution >= 4 is 29.4 Å². The van der Waals surface area contributed by atoms with Crippen molar-refractivity contribution in [2.75, 3.05) is 19.3 Å². The van der Waals surface area contributed by atoms with Gasteiger partial charge in [-0.05, 0) is 0 Å². The SMILES string of the molecule is CNC(=O)CN1C(=O)CSC1=CC(=O)C(C)(C)C. The largest absolute Gasteiger partial charge is 0.358 e. The highest BCUT2D eigenvalue weighted by Gasteiger charge is 2.30. The number of likely N-dealkylation sites (N-methyl/N-ethyl adjacent to an activating group) is 1. The van der Waals surface area contributed by atoms with Gasteiger partial charge in [0.25, 0.3) is 0 Å². The van der Waals surface area contributed by atoms with Gasteiger partial charge in [0.15, 0.2) is 5.78 Å². The van der Waals surface area contributed by atoms with Gasteiger partial charge < -0.3 is 5.32 Å². The van der Waals surface area contributed by atoms with E-state index < -0.39 is 5.41 Å². The van der Waals surface area contributed by atoms with E-state index >= 15 is 0 Å². The Bertz CT molecular complexity index is 410. The van der Waals surface area contributed by atoms with Gasteiger partial charge in [0, 0.05) is 18.5 Å². The highest BCUT2D eigenvalue weighted by Crippen LogP contribution is 2.30. The van der Waals surface area contributed by atoms with Gasteiger partial charge >= 0.3 is 0 Å². The van der Waals surface area contributed by atoms with Crippen molar-refractivity contribution in [1.82, 2.24) is 10.2 Å². The van der Waals surface area contributed by atoms with E-state index in [-0.39, 0.29) is 29.9 Å². The van der Waals surface area contributed by atoms with Crippen LogP contribution in [0.5, 0.6) is 0 Å². The first-order valence-corrected chi connectivity index (χ1v) is 6.64. The fraction of sp³-hybridized carbons (Fsp3) is 0.583. The Hall–Kier alpha value is -1.30. The summed E-state index contributed by atoms with van der Waals surface area (Å²) in [6, 6.07) is 0. The fourth-order valence-electron chi connectivity index (χ4n) is 1.25. The van der Waals surface area contributed by atoms with Crippen LogP contribution in [0, 0.1) is 5.41 Å². The first kappa shape index (κ1) is 14.8. The topological polar surface area (TPSA) is 66.5 Å². The molecule has 0 spiro atoms. The molecule has 0 aromatic heterocycles. The zero-order valence-electron chi connectivity index (χ0n) is 11.1. The van der Waals surface area contributed by atoms with E-state index in [1.807, 2.05) is 20.8 Å². The van der Waals surface area contributed by atoms with Gasteiger partial charge in [0.05, 0.1) is 10.8 Å². The molecule has 0 aromatic rings. The first-order chi connectivity index (χ1) is 8.25. The number of nitrogens with zero attached hydrogens (tertiary/aromatic N) is 1. The molecule has 1 fully saturated rings. The minimum Gasteiger partial charge on any atom is -0.358 e. The molecule has 0 unspecified atom stereocenters. The molecule has 1 saturated heterocycles. The molecule has 100 valence electrons. The van der Waals surface area contributed by atoms with Crippen LogP contribution in [-0.4, -0.2) is 41.8 Å². The molecule has 0 aromatic carbocycles. The number of ketones is 1. The second-order valence-corrected chi connectivity index (χ2v) is 6.03. The van der Waals surface area contributed by atoms with Gasteiger partial charge in [-0.25, -0.2) is 0 Å². The van der Waals surface area contributed by atoms with Crippen molar-refractivity contribution < 1.29 is 14.4 Å². The summed E-state index contributed by atoms with van der Waals surface area (Å²) in [5.74, 6) is -0.168. The number of nitrogens with one attached hydrogen (secondary N) is 1. The number of allylic oxidation sites excluding steroid dienone is 1. The first-order valence-electron chi connectivity index (χ1n) is 5.65. The molecular formula is C12H18N2O3S.